The molecule has 1 heterocycles. The van der Waals surface area contributed by atoms with Crippen LogP contribution >= 0.6 is 39.5 Å². The van der Waals surface area contributed by atoms with E-state index in [0.717, 1.165) is 10.0 Å². The predicted octanol–water partition coefficient (Wildman–Crippen LogP) is 3.11. The summed E-state index contributed by atoms with van der Waals surface area (Å²) in [6, 6.07) is 5.51. The largest absolute Gasteiger partial charge is 0.484 e. The molecule has 0 spiro atoms. The van der Waals surface area contributed by atoms with Gasteiger partial charge >= 0.3 is 0 Å². The molecule has 110 valence electrons. The van der Waals surface area contributed by atoms with E-state index >= 15 is 0 Å². The third-order valence-corrected chi connectivity index (χ3v) is 4.19. The molecule has 0 saturated heterocycles. The van der Waals surface area contributed by atoms with E-state index < -0.39 is 0 Å². The second-order valence-electron chi connectivity index (χ2n) is 4.04. The van der Waals surface area contributed by atoms with Gasteiger partial charge in [-0.3, -0.25) is 10.1 Å². The van der Waals surface area contributed by atoms with Gasteiger partial charge in [0.2, 0.25) is 0 Å². The number of carbonyl (C=O) groups excluding carboxylic acids is 1. The minimum Gasteiger partial charge on any atom is -0.484 e. The van der Waals surface area contributed by atoms with Gasteiger partial charge in [0.1, 0.15) is 5.75 Å². The molecule has 5 nitrogen and oxygen atoms in total. The first kappa shape index (κ1) is 15.9. The first-order valence-corrected chi connectivity index (χ1v) is 8.02. The van der Waals surface area contributed by atoms with Crippen molar-refractivity contribution in [3.05, 3.63) is 39.8 Å². The fraction of sp³-hybridized carbons (Fsp3) is 0.154. The quantitative estimate of drug-likeness (QED) is 0.791. The average molecular weight is 386 g/mol. The van der Waals surface area contributed by atoms with Gasteiger partial charge in [0, 0.05) is 16.0 Å². The van der Waals surface area contributed by atoms with Gasteiger partial charge in [-0.2, -0.15) is 0 Å². The van der Waals surface area contributed by atoms with Crippen molar-refractivity contribution in [3.8, 4) is 5.75 Å². The second kappa shape index (κ2) is 7.48. The first-order chi connectivity index (χ1) is 10.0. The van der Waals surface area contributed by atoms with Crippen LogP contribution in [0.4, 0.5) is 5.13 Å². The molecule has 1 aromatic heterocycles. The van der Waals surface area contributed by atoms with Crippen LogP contribution in [0, 0.1) is 6.92 Å². The van der Waals surface area contributed by atoms with Gasteiger partial charge in [-0.1, -0.05) is 15.9 Å². The van der Waals surface area contributed by atoms with Gasteiger partial charge in [0.05, 0.1) is 0 Å². The smallest absolute Gasteiger partial charge is 0.264 e. The molecule has 0 fully saturated rings. The molecule has 2 N–H and O–H groups in total. The Kier molecular flexibility index (Phi) is 5.66. The van der Waals surface area contributed by atoms with E-state index in [-0.39, 0.29) is 17.6 Å². The molecular weight excluding hydrogens is 374 g/mol. The Morgan fingerprint density at radius 2 is 2.33 bits per heavy atom. The zero-order chi connectivity index (χ0) is 15.2. The number of amides is 1. The molecule has 0 bridgehead atoms. The number of ether oxygens (including phenoxy) is 1. The number of thiocarbonyl (C=S) groups is 1. The van der Waals surface area contributed by atoms with E-state index in [2.05, 4.69) is 31.5 Å². The van der Waals surface area contributed by atoms with Crippen LogP contribution in [0.2, 0.25) is 0 Å². The highest BCUT2D eigenvalue weighted by atomic mass is 79.9. The molecule has 0 aliphatic heterocycles. The van der Waals surface area contributed by atoms with E-state index in [0.29, 0.717) is 10.9 Å². The minimum atomic E-state index is -0.329. The molecule has 1 amide bonds. The summed E-state index contributed by atoms with van der Waals surface area (Å²) < 4.78 is 6.40. The number of aryl methyl sites for hydroxylation is 1. The van der Waals surface area contributed by atoms with Crippen LogP contribution in [0.3, 0.4) is 0 Å². The summed E-state index contributed by atoms with van der Waals surface area (Å²) in [4.78, 5) is 15.7. The van der Waals surface area contributed by atoms with Crippen molar-refractivity contribution in [2.24, 2.45) is 0 Å². The molecule has 1 aromatic carbocycles. The molecule has 0 aliphatic rings. The number of carbonyl (C=O) groups is 1. The minimum absolute atomic E-state index is 0.110. The normalized spacial score (nSPS) is 10.0. The fourth-order valence-electron chi connectivity index (χ4n) is 1.43. The Hall–Kier alpha value is -1.51. The van der Waals surface area contributed by atoms with Crippen molar-refractivity contribution in [3.63, 3.8) is 0 Å². The summed E-state index contributed by atoms with van der Waals surface area (Å²) >= 11 is 9.81. The fourth-order valence-corrected chi connectivity index (χ4v) is 2.49. The molecule has 8 heteroatoms. The lowest BCUT2D eigenvalue weighted by atomic mass is 10.2. The molecule has 0 aliphatic carbocycles. The molecule has 0 atom stereocenters. The maximum atomic E-state index is 11.7. The first-order valence-electron chi connectivity index (χ1n) is 5.94. The zero-order valence-corrected chi connectivity index (χ0v) is 14.3. The van der Waals surface area contributed by atoms with Crippen LogP contribution in [-0.2, 0) is 4.79 Å². The number of nitrogens with one attached hydrogen (secondary N) is 2. The Labute approximate surface area is 139 Å². The maximum absolute atomic E-state index is 11.7. The monoisotopic (exact) mass is 385 g/mol. The average Bonchev–Trinajstić information content (AvgIpc) is 2.92. The highest BCUT2D eigenvalue weighted by molar-refractivity contribution is 9.10. The van der Waals surface area contributed by atoms with Crippen molar-refractivity contribution in [1.29, 1.82) is 0 Å². The Bertz CT molecular complexity index is 647. The summed E-state index contributed by atoms with van der Waals surface area (Å²) in [5.74, 6) is 0.300. The summed E-state index contributed by atoms with van der Waals surface area (Å²) in [6.45, 7) is 1.84. The number of halogens is 1. The highest BCUT2D eigenvalue weighted by Gasteiger charge is 2.07. The highest BCUT2D eigenvalue weighted by Crippen LogP contribution is 2.21. The lowest BCUT2D eigenvalue weighted by Gasteiger charge is -2.09. The molecule has 0 saturated carbocycles. The number of nitrogens with zero attached hydrogens (tertiary/aromatic N) is 1. The van der Waals surface area contributed by atoms with Gasteiger partial charge < -0.3 is 10.1 Å². The van der Waals surface area contributed by atoms with E-state index in [1.54, 1.807) is 12.3 Å². The van der Waals surface area contributed by atoms with Crippen molar-refractivity contribution in [1.82, 2.24) is 10.3 Å². The number of rotatable bonds is 4. The number of aromatic nitrogens is 1. The summed E-state index contributed by atoms with van der Waals surface area (Å²) in [6.07, 6.45) is 1.65. The SMILES string of the molecule is Cc1cc(OCC(=O)NC(=S)Nc2nccs2)ccc1Br. The Balaban J connectivity index is 1.79. The van der Waals surface area contributed by atoms with Gasteiger partial charge in [0.15, 0.2) is 16.9 Å². The Morgan fingerprint density at radius 1 is 1.52 bits per heavy atom. The van der Waals surface area contributed by atoms with Crippen LogP contribution in [0.1, 0.15) is 5.56 Å². The maximum Gasteiger partial charge on any atom is 0.264 e. The van der Waals surface area contributed by atoms with E-state index in [4.69, 9.17) is 17.0 Å². The number of anilines is 1. The molecule has 21 heavy (non-hydrogen) atoms. The predicted molar refractivity (Wildman–Crippen MR) is 90.9 cm³/mol. The van der Waals surface area contributed by atoms with Gasteiger partial charge in [-0.25, -0.2) is 4.98 Å². The molecule has 2 aromatic rings. The summed E-state index contributed by atoms with van der Waals surface area (Å²) in [5.41, 5.74) is 1.04. The van der Waals surface area contributed by atoms with Crippen LogP contribution in [0.5, 0.6) is 5.75 Å². The van der Waals surface area contributed by atoms with Gasteiger partial charge in [-0.15, -0.1) is 11.3 Å². The molecule has 0 unspecified atom stereocenters. The standard InChI is InChI=1S/C13H12BrN3O2S2/c1-8-6-9(2-3-10(8)14)19-7-11(18)16-12(20)17-13-15-4-5-21-13/h2-6H,7H2,1H3,(H2,15,16,17,18,20). The van der Waals surface area contributed by atoms with Crippen molar-refractivity contribution >= 4 is 55.6 Å². The van der Waals surface area contributed by atoms with Crippen molar-refractivity contribution in [2.45, 2.75) is 6.92 Å². The number of hydrogen-bond acceptors (Lipinski definition) is 5. The van der Waals surface area contributed by atoms with Crippen LogP contribution in [-0.4, -0.2) is 22.6 Å². The van der Waals surface area contributed by atoms with E-state index in [1.165, 1.54) is 11.3 Å². The topological polar surface area (TPSA) is 63.2 Å². The van der Waals surface area contributed by atoms with Crippen LogP contribution < -0.4 is 15.4 Å². The summed E-state index contributed by atoms with van der Waals surface area (Å²) in [7, 11) is 0. The lowest BCUT2D eigenvalue weighted by Crippen LogP contribution is -2.37. The van der Waals surface area contributed by atoms with Crippen molar-refractivity contribution in [2.75, 3.05) is 11.9 Å². The number of hydrogen-bond donors (Lipinski definition) is 2. The number of thiazole rings is 1. The zero-order valence-electron chi connectivity index (χ0n) is 11.1. The number of benzene rings is 1. The van der Waals surface area contributed by atoms with Crippen LogP contribution in [0.25, 0.3) is 0 Å². The van der Waals surface area contributed by atoms with Gasteiger partial charge in [0.25, 0.3) is 5.91 Å². The van der Waals surface area contributed by atoms with E-state index in [1.807, 2.05) is 24.4 Å². The third kappa shape index (κ3) is 5.07. The Morgan fingerprint density at radius 3 is 3.00 bits per heavy atom. The molecule has 0 radical (unpaired) electrons. The van der Waals surface area contributed by atoms with Crippen LogP contribution in [0.15, 0.2) is 34.2 Å². The molecular formula is C13H12BrN3O2S2. The molecule has 2 rings (SSSR count). The third-order valence-electron chi connectivity index (χ3n) is 2.41. The van der Waals surface area contributed by atoms with Crippen molar-refractivity contribution < 1.29 is 9.53 Å². The van der Waals surface area contributed by atoms with Gasteiger partial charge in [-0.05, 0) is 42.9 Å². The summed E-state index contributed by atoms with van der Waals surface area (Å²) in [5, 5.41) is 7.98. The lowest BCUT2D eigenvalue weighted by molar-refractivity contribution is -0.121. The second-order valence-corrected chi connectivity index (χ2v) is 6.20. The van der Waals surface area contributed by atoms with E-state index in [9.17, 15) is 4.79 Å².